The number of hydrogen-bond donors (Lipinski definition) is 1. The zero-order valence-electron chi connectivity index (χ0n) is 13.7. The molecule has 1 heterocycles. The minimum atomic E-state index is -0.191. The number of thioether (sulfide) groups is 1. The SMILES string of the molecule is CCSc1ccc(C#N)cc1Nn1cnc2c(Br)cc(C)cc2c1=O. The van der Waals surface area contributed by atoms with E-state index in [9.17, 15) is 4.79 Å². The maximum atomic E-state index is 12.8. The van der Waals surface area contributed by atoms with Gasteiger partial charge in [-0.2, -0.15) is 5.26 Å². The Labute approximate surface area is 157 Å². The number of hydrogen-bond acceptors (Lipinski definition) is 5. The van der Waals surface area contributed by atoms with Crippen molar-refractivity contribution in [2.75, 3.05) is 11.2 Å². The molecule has 2 aromatic carbocycles. The monoisotopic (exact) mass is 414 g/mol. The highest BCUT2D eigenvalue weighted by molar-refractivity contribution is 9.10. The minimum absolute atomic E-state index is 0.191. The Hall–Kier alpha value is -2.30. The molecule has 0 saturated heterocycles. The Morgan fingerprint density at radius 3 is 2.88 bits per heavy atom. The van der Waals surface area contributed by atoms with E-state index in [-0.39, 0.29) is 5.56 Å². The first kappa shape index (κ1) is 17.5. The maximum Gasteiger partial charge on any atom is 0.280 e. The van der Waals surface area contributed by atoms with Crippen molar-refractivity contribution in [3.8, 4) is 6.07 Å². The third-order valence-electron chi connectivity index (χ3n) is 3.61. The van der Waals surface area contributed by atoms with Crippen molar-refractivity contribution in [2.24, 2.45) is 0 Å². The van der Waals surface area contributed by atoms with E-state index in [1.807, 2.05) is 25.1 Å². The van der Waals surface area contributed by atoms with Crippen LogP contribution in [-0.2, 0) is 0 Å². The second kappa shape index (κ2) is 7.30. The predicted molar refractivity (Wildman–Crippen MR) is 105 cm³/mol. The number of halogens is 1. The summed E-state index contributed by atoms with van der Waals surface area (Å²) in [5.74, 6) is 0.886. The first-order chi connectivity index (χ1) is 12.0. The van der Waals surface area contributed by atoms with Crippen LogP contribution in [0.15, 0.2) is 50.8 Å². The molecular weight excluding hydrogens is 400 g/mol. The first-order valence-electron chi connectivity index (χ1n) is 7.65. The molecule has 0 amide bonds. The van der Waals surface area contributed by atoms with Crippen LogP contribution < -0.4 is 11.0 Å². The van der Waals surface area contributed by atoms with Gasteiger partial charge in [0.1, 0.15) is 6.33 Å². The molecule has 0 atom stereocenters. The van der Waals surface area contributed by atoms with E-state index in [0.717, 1.165) is 20.7 Å². The van der Waals surface area contributed by atoms with Crippen LogP contribution in [0.1, 0.15) is 18.1 Å². The van der Waals surface area contributed by atoms with Crippen molar-refractivity contribution in [3.05, 3.63) is 62.6 Å². The molecule has 0 spiro atoms. The molecule has 3 aromatic rings. The number of aromatic nitrogens is 2. The molecule has 1 aromatic heterocycles. The Morgan fingerprint density at radius 1 is 1.36 bits per heavy atom. The molecule has 0 aliphatic carbocycles. The fraction of sp³-hybridized carbons (Fsp3) is 0.167. The smallest absolute Gasteiger partial charge is 0.280 e. The maximum absolute atomic E-state index is 12.8. The van der Waals surface area contributed by atoms with Gasteiger partial charge in [-0.1, -0.05) is 6.92 Å². The fourth-order valence-electron chi connectivity index (χ4n) is 2.50. The lowest BCUT2D eigenvalue weighted by atomic mass is 10.2. The summed E-state index contributed by atoms with van der Waals surface area (Å²) in [5.41, 5.74) is 5.74. The summed E-state index contributed by atoms with van der Waals surface area (Å²) < 4.78 is 2.14. The van der Waals surface area contributed by atoms with Crippen molar-refractivity contribution < 1.29 is 0 Å². The van der Waals surface area contributed by atoms with E-state index in [0.29, 0.717) is 22.2 Å². The van der Waals surface area contributed by atoms with Crippen molar-refractivity contribution in [3.63, 3.8) is 0 Å². The van der Waals surface area contributed by atoms with Crippen LogP contribution in [0, 0.1) is 18.3 Å². The van der Waals surface area contributed by atoms with Gasteiger partial charge in [0.25, 0.3) is 5.56 Å². The highest BCUT2D eigenvalue weighted by Crippen LogP contribution is 2.28. The largest absolute Gasteiger partial charge is 0.289 e. The molecule has 0 aliphatic rings. The normalized spacial score (nSPS) is 10.6. The molecule has 3 rings (SSSR count). The van der Waals surface area contributed by atoms with Crippen molar-refractivity contribution in [1.82, 2.24) is 9.66 Å². The van der Waals surface area contributed by atoms with Crippen LogP contribution in [-0.4, -0.2) is 15.4 Å². The van der Waals surface area contributed by atoms with Crippen LogP contribution in [0.2, 0.25) is 0 Å². The van der Waals surface area contributed by atoms with Crippen LogP contribution >= 0.6 is 27.7 Å². The van der Waals surface area contributed by atoms with Crippen molar-refractivity contribution in [1.29, 1.82) is 5.26 Å². The molecule has 0 aliphatic heterocycles. The summed E-state index contributed by atoms with van der Waals surface area (Å²) in [6.07, 6.45) is 1.46. The van der Waals surface area contributed by atoms with Gasteiger partial charge in [-0.3, -0.25) is 10.2 Å². The number of nitriles is 1. The van der Waals surface area contributed by atoms with E-state index in [1.54, 1.807) is 23.9 Å². The van der Waals surface area contributed by atoms with E-state index in [2.05, 4.69) is 39.3 Å². The quantitative estimate of drug-likeness (QED) is 0.643. The lowest BCUT2D eigenvalue weighted by Crippen LogP contribution is -2.27. The third-order valence-corrected chi connectivity index (χ3v) is 5.17. The van der Waals surface area contributed by atoms with Gasteiger partial charge in [-0.25, -0.2) is 9.66 Å². The highest BCUT2D eigenvalue weighted by Gasteiger charge is 2.10. The predicted octanol–water partition coefficient (Wildman–Crippen LogP) is 4.33. The summed E-state index contributed by atoms with van der Waals surface area (Å²) in [6, 6.07) is 11.3. The fourth-order valence-corrected chi connectivity index (χ4v) is 3.92. The zero-order chi connectivity index (χ0) is 18.0. The van der Waals surface area contributed by atoms with Gasteiger partial charge in [-0.05, 0) is 64.5 Å². The number of benzene rings is 2. The van der Waals surface area contributed by atoms with Crippen LogP contribution in [0.3, 0.4) is 0 Å². The van der Waals surface area contributed by atoms with E-state index in [1.165, 1.54) is 11.0 Å². The van der Waals surface area contributed by atoms with Gasteiger partial charge in [0.05, 0.1) is 28.2 Å². The number of nitrogens with one attached hydrogen (secondary N) is 1. The highest BCUT2D eigenvalue weighted by atomic mass is 79.9. The Morgan fingerprint density at radius 2 is 2.16 bits per heavy atom. The van der Waals surface area contributed by atoms with Crippen LogP contribution in [0.4, 0.5) is 5.69 Å². The number of fused-ring (bicyclic) bond motifs is 1. The molecule has 1 N–H and O–H groups in total. The van der Waals surface area contributed by atoms with Crippen LogP contribution in [0.25, 0.3) is 10.9 Å². The number of anilines is 1. The molecule has 126 valence electrons. The van der Waals surface area contributed by atoms with E-state index in [4.69, 9.17) is 5.26 Å². The molecular formula is C18H15BrN4OS. The second-order valence-corrected chi connectivity index (χ2v) is 7.59. The number of aryl methyl sites for hydroxylation is 1. The lowest BCUT2D eigenvalue weighted by molar-refractivity contribution is 0.873. The molecule has 25 heavy (non-hydrogen) atoms. The molecule has 0 bridgehead atoms. The first-order valence-corrected chi connectivity index (χ1v) is 9.43. The standard InChI is InChI=1S/C18H15BrN4OS/c1-3-25-16-5-4-12(9-20)8-15(16)22-23-10-21-17-13(18(23)24)6-11(2)7-14(17)19/h4-8,10,22H,3H2,1-2H3. The average molecular weight is 415 g/mol. The number of nitrogens with zero attached hydrogens (tertiary/aromatic N) is 3. The lowest BCUT2D eigenvalue weighted by Gasteiger charge is -2.14. The van der Waals surface area contributed by atoms with Crippen LogP contribution in [0.5, 0.6) is 0 Å². The van der Waals surface area contributed by atoms with Gasteiger partial charge >= 0.3 is 0 Å². The van der Waals surface area contributed by atoms with E-state index < -0.39 is 0 Å². The Balaban J connectivity index is 2.11. The minimum Gasteiger partial charge on any atom is -0.289 e. The summed E-state index contributed by atoms with van der Waals surface area (Å²) in [6.45, 7) is 3.98. The summed E-state index contributed by atoms with van der Waals surface area (Å²) in [7, 11) is 0. The molecule has 0 fully saturated rings. The molecule has 0 unspecified atom stereocenters. The van der Waals surface area contributed by atoms with Crippen molar-refractivity contribution >= 4 is 44.3 Å². The zero-order valence-corrected chi connectivity index (χ0v) is 16.1. The second-order valence-electron chi connectivity index (χ2n) is 5.43. The van der Waals surface area contributed by atoms with Gasteiger partial charge in [0.15, 0.2) is 0 Å². The topological polar surface area (TPSA) is 70.7 Å². The van der Waals surface area contributed by atoms with E-state index >= 15 is 0 Å². The van der Waals surface area contributed by atoms with Gasteiger partial charge in [0.2, 0.25) is 0 Å². The molecule has 0 radical (unpaired) electrons. The third kappa shape index (κ3) is 3.55. The van der Waals surface area contributed by atoms with Gasteiger partial charge < -0.3 is 0 Å². The number of rotatable bonds is 4. The average Bonchev–Trinajstić information content (AvgIpc) is 2.59. The molecule has 5 nitrogen and oxygen atoms in total. The summed E-state index contributed by atoms with van der Waals surface area (Å²) in [5, 5.41) is 9.67. The van der Waals surface area contributed by atoms with Gasteiger partial charge in [-0.15, -0.1) is 11.8 Å². The van der Waals surface area contributed by atoms with Crippen molar-refractivity contribution in [2.45, 2.75) is 18.7 Å². The Bertz CT molecular complexity index is 1060. The molecule has 7 heteroatoms. The Kier molecular flexibility index (Phi) is 5.11. The van der Waals surface area contributed by atoms with Gasteiger partial charge in [0, 0.05) is 9.37 Å². The summed E-state index contributed by atoms with van der Waals surface area (Å²) >= 11 is 5.09. The summed E-state index contributed by atoms with van der Waals surface area (Å²) in [4.78, 5) is 18.2. The molecule has 0 saturated carbocycles.